The second-order valence-corrected chi connectivity index (χ2v) is 5.85. The molecule has 0 saturated heterocycles. The molecular weight excluding hydrogens is 334 g/mol. The van der Waals surface area contributed by atoms with E-state index in [2.05, 4.69) is 25.8 Å². The van der Waals surface area contributed by atoms with Crippen LogP contribution in [0.15, 0.2) is 47.2 Å². The van der Waals surface area contributed by atoms with Crippen molar-refractivity contribution in [2.45, 2.75) is 26.9 Å². The van der Waals surface area contributed by atoms with Crippen LogP contribution in [0.4, 0.5) is 17.3 Å². The number of amides is 1. The van der Waals surface area contributed by atoms with E-state index >= 15 is 0 Å². The van der Waals surface area contributed by atoms with Crippen molar-refractivity contribution in [3.05, 3.63) is 54.2 Å². The predicted octanol–water partition coefficient (Wildman–Crippen LogP) is 3.56. The molecule has 26 heavy (non-hydrogen) atoms. The fraction of sp³-hybridized carbons (Fsp3) is 0.222. The van der Waals surface area contributed by atoms with E-state index in [9.17, 15) is 4.79 Å². The van der Waals surface area contributed by atoms with E-state index in [1.807, 2.05) is 38.1 Å². The normalized spacial score (nSPS) is 10.6. The molecular formula is C18H19N5O3. The van der Waals surface area contributed by atoms with Gasteiger partial charge in [-0.2, -0.15) is 0 Å². The van der Waals surface area contributed by atoms with Crippen LogP contribution in [-0.2, 0) is 0 Å². The Balaban J connectivity index is 1.69. The Morgan fingerprint density at radius 1 is 1.15 bits per heavy atom. The lowest BCUT2D eigenvalue weighted by atomic mass is 10.3. The number of para-hydroxylation sites is 2. The molecule has 0 atom stereocenters. The fourth-order valence-corrected chi connectivity index (χ4v) is 2.18. The molecule has 0 saturated carbocycles. The number of hydrogen-bond donors (Lipinski definition) is 2. The number of nitrogens with zero attached hydrogens (tertiary/aromatic N) is 3. The maximum absolute atomic E-state index is 12.1. The van der Waals surface area contributed by atoms with Crippen LogP contribution in [0.25, 0.3) is 0 Å². The van der Waals surface area contributed by atoms with E-state index < -0.39 is 5.91 Å². The molecule has 0 fully saturated rings. The molecule has 0 aliphatic rings. The summed E-state index contributed by atoms with van der Waals surface area (Å²) in [6, 6.07) is 9.16. The second-order valence-electron chi connectivity index (χ2n) is 5.85. The molecule has 1 amide bonds. The van der Waals surface area contributed by atoms with Crippen molar-refractivity contribution in [3.63, 3.8) is 0 Å². The van der Waals surface area contributed by atoms with Crippen LogP contribution < -0.4 is 15.4 Å². The van der Waals surface area contributed by atoms with Crippen LogP contribution in [0, 0.1) is 6.92 Å². The van der Waals surface area contributed by atoms with E-state index in [4.69, 9.17) is 9.26 Å². The molecule has 2 aromatic heterocycles. The zero-order valence-electron chi connectivity index (χ0n) is 14.7. The van der Waals surface area contributed by atoms with Gasteiger partial charge in [-0.1, -0.05) is 17.3 Å². The van der Waals surface area contributed by atoms with Crippen molar-refractivity contribution in [1.82, 2.24) is 15.1 Å². The summed E-state index contributed by atoms with van der Waals surface area (Å²) in [7, 11) is 0. The summed E-state index contributed by atoms with van der Waals surface area (Å²) in [6.07, 6.45) is 2.92. The van der Waals surface area contributed by atoms with E-state index in [1.165, 1.54) is 12.4 Å². The highest BCUT2D eigenvalue weighted by atomic mass is 16.5. The smallest absolute Gasteiger partial charge is 0.277 e. The van der Waals surface area contributed by atoms with Gasteiger partial charge in [0.25, 0.3) is 5.91 Å². The SMILES string of the molecule is Cc1cc(NC(=O)c2cnc(Nc3ccccc3OC(C)C)cn2)no1. The Labute approximate surface area is 150 Å². The highest BCUT2D eigenvalue weighted by Gasteiger charge is 2.12. The van der Waals surface area contributed by atoms with Crippen LogP contribution in [0.5, 0.6) is 5.75 Å². The average molecular weight is 353 g/mol. The first-order valence-electron chi connectivity index (χ1n) is 8.10. The lowest BCUT2D eigenvalue weighted by Crippen LogP contribution is -2.14. The van der Waals surface area contributed by atoms with Crippen LogP contribution >= 0.6 is 0 Å². The molecule has 1 aromatic carbocycles. The van der Waals surface area contributed by atoms with E-state index in [0.717, 1.165) is 5.69 Å². The third kappa shape index (κ3) is 4.35. The predicted molar refractivity (Wildman–Crippen MR) is 96.7 cm³/mol. The van der Waals surface area contributed by atoms with Crippen LogP contribution in [-0.4, -0.2) is 27.1 Å². The van der Waals surface area contributed by atoms with Crippen molar-refractivity contribution >= 4 is 23.2 Å². The van der Waals surface area contributed by atoms with Crippen LogP contribution in [0.2, 0.25) is 0 Å². The Morgan fingerprint density at radius 3 is 2.62 bits per heavy atom. The maximum atomic E-state index is 12.1. The Kier molecular flexibility index (Phi) is 5.12. The molecule has 3 aromatic rings. The summed E-state index contributed by atoms with van der Waals surface area (Å²) in [5, 5.41) is 9.44. The number of ether oxygens (including phenoxy) is 1. The molecule has 0 spiro atoms. The van der Waals surface area contributed by atoms with Gasteiger partial charge < -0.3 is 19.9 Å². The summed E-state index contributed by atoms with van der Waals surface area (Å²) in [4.78, 5) is 20.5. The number of rotatable bonds is 6. The Hall–Kier alpha value is -3.42. The van der Waals surface area contributed by atoms with Gasteiger partial charge in [0.05, 0.1) is 24.2 Å². The zero-order chi connectivity index (χ0) is 18.5. The summed E-state index contributed by atoms with van der Waals surface area (Å²) >= 11 is 0. The molecule has 2 N–H and O–H groups in total. The van der Waals surface area contributed by atoms with Crippen molar-refractivity contribution in [1.29, 1.82) is 0 Å². The van der Waals surface area contributed by atoms with Gasteiger partial charge in [0.1, 0.15) is 23.0 Å². The molecule has 2 heterocycles. The topological polar surface area (TPSA) is 102 Å². The standard InChI is InChI=1S/C18H19N5O3/c1-11(2)25-15-7-5-4-6-13(15)21-17-10-19-14(9-20-17)18(24)22-16-8-12(3)26-23-16/h4-11H,1-3H3,(H,20,21)(H,22,23,24). The molecule has 0 unspecified atom stereocenters. The molecule has 0 aliphatic heterocycles. The minimum Gasteiger partial charge on any atom is -0.489 e. The molecule has 134 valence electrons. The van der Waals surface area contributed by atoms with Gasteiger partial charge in [0.15, 0.2) is 5.82 Å². The van der Waals surface area contributed by atoms with E-state index in [1.54, 1.807) is 13.0 Å². The molecule has 8 heteroatoms. The third-order valence-corrected chi connectivity index (χ3v) is 3.27. The molecule has 3 rings (SSSR count). The highest BCUT2D eigenvalue weighted by molar-refractivity contribution is 6.02. The van der Waals surface area contributed by atoms with Crippen LogP contribution in [0.1, 0.15) is 30.1 Å². The molecule has 0 radical (unpaired) electrons. The number of anilines is 3. The monoisotopic (exact) mass is 353 g/mol. The third-order valence-electron chi connectivity index (χ3n) is 3.27. The van der Waals surface area contributed by atoms with Gasteiger partial charge in [-0.15, -0.1) is 0 Å². The van der Waals surface area contributed by atoms with Gasteiger partial charge in [0, 0.05) is 6.07 Å². The first-order chi connectivity index (χ1) is 12.5. The summed E-state index contributed by atoms with van der Waals surface area (Å²) in [5.74, 6) is 1.73. The zero-order valence-corrected chi connectivity index (χ0v) is 14.7. The highest BCUT2D eigenvalue weighted by Crippen LogP contribution is 2.27. The van der Waals surface area contributed by atoms with E-state index in [0.29, 0.717) is 23.1 Å². The largest absolute Gasteiger partial charge is 0.489 e. The minimum absolute atomic E-state index is 0.0512. The summed E-state index contributed by atoms with van der Waals surface area (Å²) in [6.45, 7) is 5.66. The van der Waals surface area contributed by atoms with Gasteiger partial charge in [-0.3, -0.25) is 4.79 Å². The lowest BCUT2D eigenvalue weighted by molar-refractivity contribution is 0.102. The number of nitrogens with one attached hydrogen (secondary N) is 2. The second kappa shape index (κ2) is 7.64. The number of benzene rings is 1. The number of aryl methyl sites for hydroxylation is 1. The van der Waals surface area contributed by atoms with Crippen LogP contribution in [0.3, 0.4) is 0 Å². The van der Waals surface area contributed by atoms with Crippen molar-refractivity contribution in [3.8, 4) is 5.75 Å². The number of carbonyl (C=O) groups excluding carboxylic acids is 1. The first-order valence-corrected chi connectivity index (χ1v) is 8.10. The maximum Gasteiger partial charge on any atom is 0.277 e. The lowest BCUT2D eigenvalue weighted by Gasteiger charge is -2.14. The van der Waals surface area contributed by atoms with Crippen molar-refractivity contribution < 1.29 is 14.1 Å². The first kappa shape index (κ1) is 17.4. The van der Waals surface area contributed by atoms with Crippen molar-refractivity contribution in [2.75, 3.05) is 10.6 Å². The van der Waals surface area contributed by atoms with Gasteiger partial charge in [-0.05, 0) is 32.9 Å². The quantitative estimate of drug-likeness (QED) is 0.698. The fourth-order valence-electron chi connectivity index (χ4n) is 2.18. The Morgan fingerprint density at radius 2 is 1.96 bits per heavy atom. The molecule has 0 aliphatic carbocycles. The number of aromatic nitrogens is 3. The minimum atomic E-state index is -0.416. The molecule has 0 bridgehead atoms. The number of carbonyl (C=O) groups is 1. The average Bonchev–Trinajstić information content (AvgIpc) is 3.01. The summed E-state index contributed by atoms with van der Waals surface area (Å²) in [5.41, 5.74) is 0.939. The van der Waals surface area contributed by atoms with Gasteiger partial charge >= 0.3 is 0 Å². The van der Waals surface area contributed by atoms with E-state index in [-0.39, 0.29) is 11.8 Å². The Bertz CT molecular complexity index is 890. The van der Waals surface area contributed by atoms with Gasteiger partial charge in [-0.25, -0.2) is 9.97 Å². The summed E-state index contributed by atoms with van der Waals surface area (Å²) < 4.78 is 10.7. The van der Waals surface area contributed by atoms with Gasteiger partial charge in [0.2, 0.25) is 0 Å². The number of hydrogen-bond acceptors (Lipinski definition) is 7. The molecule has 8 nitrogen and oxygen atoms in total. The van der Waals surface area contributed by atoms with Crippen molar-refractivity contribution in [2.24, 2.45) is 0 Å².